The molecule has 0 saturated carbocycles. The summed E-state index contributed by atoms with van der Waals surface area (Å²) in [6.45, 7) is 10.4. The Bertz CT molecular complexity index is 554. The van der Waals surface area contributed by atoms with Gasteiger partial charge in [-0.05, 0) is 40.2 Å². The predicted octanol–water partition coefficient (Wildman–Crippen LogP) is 1.98. The number of aliphatic hydroxyl groups is 1. The molecule has 0 saturated heterocycles. The first-order valence-electron chi connectivity index (χ1n) is 8.25. The van der Waals surface area contributed by atoms with Crippen LogP contribution in [0.4, 0.5) is 0 Å². The fraction of sp³-hybridized carbons (Fsp3) is 0.556. The minimum absolute atomic E-state index is 0. The molecule has 0 bridgehead atoms. The number of guanidine groups is 1. The maximum absolute atomic E-state index is 11.9. The molecule has 0 aliphatic heterocycles. The van der Waals surface area contributed by atoms with E-state index >= 15 is 0 Å². The number of amides is 1. The molecule has 1 rings (SSSR count). The Labute approximate surface area is 167 Å². The molecule has 0 radical (unpaired) electrons. The van der Waals surface area contributed by atoms with Crippen molar-refractivity contribution in [3.63, 3.8) is 0 Å². The third-order valence-corrected chi connectivity index (χ3v) is 3.24. The van der Waals surface area contributed by atoms with Crippen molar-refractivity contribution in [1.29, 1.82) is 0 Å². The standard InChI is InChI=1S/C18H30N4O2.HI/c1-6-19-16(20-12-15(23)22-17(2,3)4)21-13-18(5,24)14-10-8-7-9-11-14;/h7-11,24H,6,12-13H2,1-5H3,(H,22,23)(H2,19,20,21);1H. The second-order valence-electron chi connectivity index (χ2n) is 6.99. The SMILES string of the molecule is CCNC(=NCC(=O)NC(C)(C)C)NCC(C)(O)c1ccccc1.I. The smallest absolute Gasteiger partial charge is 0.242 e. The zero-order chi connectivity index (χ0) is 18.2. The third kappa shape index (κ3) is 9.64. The van der Waals surface area contributed by atoms with E-state index in [-0.39, 0.29) is 48.5 Å². The number of aliphatic imine (C=N–C) groups is 1. The quantitative estimate of drug-likeness (QED) is 0.296. The Kier molecular flexibility index (Phi) is 10.0. The summed E-state index contributed by atoms with van der Waals surface area (Å²) in [5.74, 6) is 0.354. The van der Waals surface area contributed by atoms with Crippen molar-refractivity contribution in [2.24, 2.45) is 4.99 Å². The van der Waals surface area contributed by atoms with Gasteiger partial charge in [0.15, 0.2) is 5.96 Å². The highest BCUT2D eigenvalue weighted by Crippen LogP contribution is 2.18. The zero-order valence-corrected chi connectivity index (χ0v) is 18.0. The van der Waals surface area contributed by atoms with E-state index in [1.807, 2.05) is 58.0 Å². The van der Waals surface area contributed by atoms with Crippen LogP contribution in [0.5, 0.6) is 0 Å². The van der Waals surface area contributed by atoms with Crippen LogP contribution >= 0.6 is 24.0 Å². The molecule has 6 nitrogen and oxygen atoms in total. The highest BCUT2D eigenvalue weighted by atomic mass is 127. The van der Waals surface area contributed by atoms with Gasteiger partial charge >= 0.3 is 0 Å². The first-order chi connectivity index (χ1) is 11.1. The van der Waals surface area contributed by atoms with Crippen LogP contribution in [0.15, 0.2) is 35.3 Å². The normalized spacial score (nSPS) is 14.1. The minimum atomic E-state index is -1.04. The summed E-state index contributed by atoms with van der Waals surface area (Å²) in [4.78, 5) is 16.1. The Hall–Kier alpha value is -1.35. The molecular weight excluding hydrogens is 431 g/mol. The van der Waals surface area contributed by atoms with Crippen LogP contribution in [0, 0.1) is 0 Å². The topological polar surface area (TPSA) is 85.8 Å². The van der Waals surface area contributed by atoms with Gasteiger partial charge in [0.2, 0.25) is 5.91 Å². The Morgan fingerprint density at radius 3 is 2.24 bits per heavy atom. The molecule has 142 valence electrons. The van der Waals surface area contributed by atoms with E-state index in [0.29, 0.717) is 12.5 Å². The molecule has 7 heteroatoms. The second kappa shape index (κ2) is 10.6. The molecule has 25 heavy (non-hydrogen) atoms. The number of nitrogens with one attached hydrogen (secondary N) is 3. The van der Waals surface area contributed by atoms with Crippen molar-refractivity contribution in [2.45, 2.75) is 45.8 Å². The number of nitrogens with zero attached hydrogens (tertiary/aromatic N) is 1. The first kappa shape index (κ1) is 23.6. The summed E-state index contributed by atoms with van der Waals surface area (Å²) in [5, 5.41) is 19.6. The molecule has 1 amide bonds. The van der Waals surface area contributed by atoms with Crippen molar-refractivity contribution in [2.75, 3.05) is 19.6 Å². The number of rotatable bonds is 6. The van der Waals surface area contributed by atoms with E-state index in [2.05, 4.69) is 20.9 Å². The number of halogens is 1. The lowest BCUT2D eigenvalue weighted by molar-refractivity contribution is -0.121. The van der Waals surface area contributed by atoms with Gasteiger partial charge in [-0.25, -0.2) is 4.99 Å². The van der Waals surface area contributed by atoms with E-state index in [0.717, 1.165) is 5.56 Å². The van der Waals surface area contributed by atoms with Crippen LogP contribution in [-0.4, -0.2) is 42.1 Å². The summed E-state index contributed by atoms with van der Waals surface area (Å²) in [7, 11) is 0. The van der Waals surface area contributed by atoms with E-state index in [1.54, 1.807) is 6.92 Å². The number of benzene rings is 1. The van der Waals surface area contributed by atoms with Gasteiger partial charge in [-0.1, -0.05) is 30.3 Å². The van der Waals surface area contributed by atoms with Gasteiger partial charge in [0.1, 0.15) is 12.1 Å². The highest BCUT2D eigenvalue weighted by Gasteiger charge is 2.23. The second-order valence-corrected chi connectivity index (χ2v) is 6.99. The van der Waals surface area contributed by atoms with Crippen molar-refractivity contribution in [1.82, 2.24) is 16.0 Å². The molecule has 0 aliphatic rings. The molecule has 0 aromatic heterocycles. The van der Waals surface area contributed by atoms with Crippen LogP contribution in [0.25, 0.3) is 0 Å². The lowest BCUT2D eigenvalue weighted by Gasteiger charge is -2.25. The molecule has 1 unspecified atom stereocenters. The summed E-state index contributed by atoms with van der Waals surface area (Å²) in [6, 6.07) is 9.44. The number of hydrogen-bond acceptors (Lipinski definition) is 3. The molecule has 1 aromatic carbocycles. The summed E-state index contributed by atoms with van der Waals surface area (Å²) < 4.78 is 0. The molecule has 0 heterocycles. The van der Waals surface area contributed by atoms with Crippen LogP contribution < -0.4 is 16.0 Å². The summed E-state index contributed by atoms with van der Waals surface area (Å²) in [6.07, 6.45) is 0. The van der Waals surface area contributed by atoms with Gasteiger partial charge in [0.25, 0.3) is 0 Å². The maximum Gasteiger partial charge on any atom is 0.242 e. The monoisotopic (exact) mass is 462 g/mol. The fourth-order valence-corrected chi connectivity index (χ4v) is 2.11. The molecule has 1 aromatic rings. The lowest BCUT2D eigenvalue weighted by Crippen LogP contribution is -2.46. The van der Waals surface area contributed by atoms with Gasteiger partial charge in [-0.2, -0.15) is 0 Å². The number of hydrogen-bond donors (Lipinski definition) is 4. The summed E-state index contributed by atoms with van der Waals surface area (Å²) >= 11 is 0. The third-order valence-electron chi connectivity index (χ3n) is 3.24. The Balaban J connectivity index is 0.00000576. The van der Waals surface area contributed by atoms with Crippen molar-refractivity contribution in [3.8, 4) is 0 Å². The predicted molar refractivity (Wildman–Crippen MR) is 113 cm³/mol. The Morgan fingerprint density at radius 1 is 1.12 bits per heavy atom. The molecule has 1 atom stereocenters. The van der Waals surface area contributed by atoms with Crippen molar-refractivity contribution >= 4 is 35.8 Å². The van der Waals surface area contributed by atoms with Gasteiger partial charge in [0.05, 0.1) is 6.54 Å². The Morgan fingerprint density at radius 2 is 1.72 bits per heavy atom. The zero-order valence-electron chi connectivity index (χ0n) is 15.7. The maximum atomic E-state index is 11.9. The van der Waals surface area contributed by atoms with E-state index in [1.165, 1.54) is 0 Å². The van der Waals surface area contributed by atoms with E-state index < -0.39 is 5.60 Å². The van der Waals surface area contributed by atoms with E-state index in [9.17, 15) is 9.90 Å². The highest BCUT2D eigenvalue weighted by molar-refractivity contribution is 14.0. The molecule has 0 aliphatic carbocycles. The lowest BCUT2D eigenvalue weighted by atomic mass is 9.96. The molecule has 0 fully saturated rings. The van der Waals surface area contributed by atoms with Crippen molar-refractivity contribution in [3.05, 3.63) is 35.9 Å². The molecule has 0 spiro atoms. The average molecular weight is 462 g/mol. The van der Waals surface area contributed by atoms with Crippen LogP contribution in [0.1, 0.15) is 40.2 Å². The minimum Gasteiger partial charge on any atom is -0.384 e. The number of carbonyl (C=O) groups is 1. The van der Waals surface area contributed by atoms with Gasteiger partial charge < -0.3 is 21.1 Å². The largest absolute Gasteiger partial charge is 0.384 e. The fourth-order valence-electron chi connectivity index (χ4n) is 2.11. The molecular formula is C18H31IN4O2. The average Bonchev–Trinajstić information content (AvgIpc) is 2.49. The summed E-state index contributed by atoms with van der Waals surface area (Å²) in [5.41, 5.74) is -0.501. The van der Waals surface area contributed by atoms with Gasteiger partial charge in [-0.15, -0.1) is 24.0 Å². The van der Waals surface area contributed by atoms with Crippen molar-refractivity contribution < 1.29 is 9.90 Å². The van der Waals surface area contributed by atoms with Gasteiger partial charge in [-0.3, -0.25) is 4.79 Å². The van der Waals surface area contributed by atoms with Gasteiger partial charge in [0, 0.05) is 12.1 Å². The van der Waals surface area contributed by atoms with Crippen LogP contribution in [0.3, 0.4) is 0 Å². The first-order valence-corrected chi connectivity index (χ1v) is 8.25. The van der Waals surface area contributed by atoms with E-state index in [4.69, 9.17) is 0 Å². The van der Waals surface area contributed by atoms with Crippen LogP contribution in [-0.2, 0) is 10.4 Å². The van der Waals surface area contributed by atoms with Crippen LogP contribution in [0.2, 0.25) is 0 Å². The molecule has 4 N–H and O–H groups in total. The number of carbonyl (C=O) groups excluding carboxylic acids is 1.